The van der Waals surface area contributed by atoms with Crippen LogP contribution < -0.4 is 5.84 Å². The lowest BCUT2D eigenvalue weighted by atomic mass is 10.4. The van der Waals surface area contributed by atoms with Crippen LogP contribution in [0.3, 0.4) is 0 Å². The highest BCUT2D eigenvalue weighted by Crippen LogP contribution is 2.32. The number of rotatable bonds is 2. The van der Waals surface area contributed by atoms with Crippen LogP contribution in [0.5, 0.6) is 0 Å². The minimum absolute atomic E-state index is 0.129. The quantitative estimate of drug-likeness (QED) is 0.554. The average molecular weight is 316 g/mol. The second kappa shape index (κ2) is 4.58. The minimum atomic E-state index is -4.59. The van der Waals surface area contributed by atoms with E-state index in [4.69, 9.17) is 5.84 Å². The van der Waals surface area contributed by atoms with Gasteiger partial charge in [0.05, 0.1) is 0 Å². The molecule has 8 nitrogen and oxygen atoms in total. The number of aryl methyl sites for hydroxylation is 1. The largest absolute Gasteiger partial charge is 0.433 e. The molecule has 0 amide bonds. The Kier molecular flexibility index (Phi) is 2.97. The van der Waals surface area contributed by atoms with Crippen molar-refractivity contribution in [3.63, 3.8) is 0 Å². The predicted molar refractivity (Wildman–Crippen MR) is 64.8 cm³/mol. The third-order valence-electron chi connectivity index (χ3n) is 2.54. The van der Waals surface area contributed by atoms with Gasteiger partial charge >= 0.3 is 6.18 Å². The first-order chi connectivity index (χ1) is 9.86. The van der Waals surface area contributed by atoms with Gasteiger partial charge in [-0.15, -0.1) is 10.2 Å². The fraction of sp³-hybridized carbons (Fsp3) is 0.222. The number of hydrogen-bond acceptors (Lipinski definition) is 7. The Morgan fingerprint density at radius 1 is 1.29 bits per heavy atom. The van der Waals surface area contributed by atoms with Gasteiger partial charge in [0.1, 0.15) is 17.2 Å². The summed E-state index contributed by atoms with van der Waals surface area (Å²) in [6.07, 6.45) is -3.47. The molecule has 0 aliphatic rings. The first-order valence-electron chi connectivity index (χ1n) is 5.49. The maximum Gasteiger partial charge on any atom is 0.433 e. The van der Waals surface area contributed by atoms with Gasteiger partial charge in [0, 0.05) is 6.07 Å². The molecule has 3 aromatic heterocycles. The first-order valence-corrected chi connectivity index (χ1v) is 6.31. The normalized spacial score (nSPS) is 12.2. The second-order valence-electron chi connectivity index (χ2n) is 3.95. The number of hydrogen-bond donors (Lipinski definition) is 1. The third kappa shape index (κ3) is 2.37. The van der Waals surface area contributed by atoms with Crippen molar-refractivity contribution < 1.29 is 13.2 Å². The van der Waals surface area contributed by atoms with E-state index in [0.717, 1.165) is 24.2 Å². The maximum atomic E-state index is 12.8. The number of halogens is 3. The van der Waals surface area contributed by atoms with Crippen molar-refractivity contribution in [3.05, 3.63) is 23.9 Å². The molecule has 0 saturated heterocycles. The van der Waals surface area contributed by atoms with Gasteiger partial charge in [-0.2, -0.15) is 27.8 Å². The molecule has 0 aromatic carbocycles. The molecule has 0 unspecified atom stereocenters. The Labute approximate surface area is 119 Å². The molecule has 0 radical (unpaired) electrons. The van der Waals surface area contributed by atoms with Gasteiger partial charge in [-0.1, -0.05) is 0 Å². The van der Waals surface area contributed by atoms with Crippen LogP contribution in [0, 0.1) is 6.92 Å². The molecular weight excluding hydrogens is 309 g/mol. The molecule has 0 spiro atoms. The number of alkyl halides is 3. The third-order valence-corrected chi connectivity index (χ3v) is 3.50. The number of nitrogen functional groups attached to an aromatic ring is 1. The van der Waals surface area contributed by atoms with Gasteiger partial charge < -0.3 is 5.84 Å². The zero-order valence-corrected chi connectivity index (χ0v) is 11.2. The van der Waals surface area contributed by atoms with Crippen molar-refractivity contribution in [2.45, 2.75) is 23.3 Å². The highest BCUT2D eigenvalue weighted by molar-refractivity contribution is 7.99. The molecule has 3 heterocycles. The van der Waals surface area contributed by atoms with Gasteiger partial charge in [-0.3, -0.25) is 0 Å². The minimum Gasteiger partial charge on any atom is -0.336 e. The molecule has 0 aliphatic heterocycles. The summed E-state index contributed by atoms with van der Waals surface area (Å²) in [5.41, 5.74) is -1.06. The molecule has 3 rings (SSSR count). The zero-order valence-electron chi connectivity index (χ0n) is 10.4. The summed E-state index contributed by atoms with van der Waals surface area (Å²) in [5, 5.41) is 11.7. The molecule has 2 N–H and O–H groups in total. The van der Waals surface area contributed by atoms with E-state index < -0.39 is 11.9 Å². The monoisotopic (exact) mass is 316 g/mol. The lowest BCUT2D eigenvalue weighted by molar-refractivity contribution is -0.141. The number of nitrogens with zero attached hydrogens (tertiary/aromatic N) is 7. The molecule has 0 saturated carbocycles. The van der Waals surface area contributed by atoms with E-state index >= 15 is 0 Å². The Hall–Kier alpha value is -2.37. The Morgan fingerprint density at radius 3 is 2.67 bits per heavy atom. The molecule has 0 atom stereocenters. The van der Waals surface area contributed by atoms with Crippen LogP contribution in [-0.4, -0.2) is 34.5 Å². The summed E-state index contributed by atoms with van der Waals surface area (Å²) in [4.78, 5) is 7.09. The fourth-order valence-electron chi connectivity index (χ4n) is 1.52. The van der Waals surface area contributed by atoms with E-state index in [0.29, 0.717) is 5.82 Å². The van der Waals surface area contributed by atoms with Crippen LogP contribution in [-0.2, 0) is 6.18 Å². The van der Waals surface area contributed by atoms with Crippen LogP contribution in [0.1, 0.15) is 11.5 Å². The molecule has 12 heteroatoms. The molecule has 3 aromatic rings. The Bertz CT molecular complexity index is 807. The van der Waals surface area contributed by atoms with Gasteiger partial charge in [0.15, 0.2) is 5.69 Å². The number of nitrogens with two attached hydrogens (primary N) is 1. The summed E-state index contributed by atoms with van der Waals surface area (Å²) >= 11 is 0.884. The van der Waals surface area contributed by atoms with Crippen LogP contribution >= 0.6 is 11.8 Å². The van der Waals surface area contributed by atoms with Crippen LogP contribution in [0.25, 0.3) is 5.78 Å². The van der Waals surface area contributed by atoms with Crippen molar-refractivity contribution >= 4 is 17.5 Å². The molecular formula is C9H7F3N8S. The van der Waals surface area contributed by atoms with E-state index in [2.05, 4.69) is 25.3 Å². The second-order valence-corrected chi connectivity index (χ2v) is 4.94. The van der Waals surface area contributed by atoms with Crippen molar-refractivity contribution in [3.8, 4) is 0 Å². The summed E-state index contributed by atoms with van der Waals surface area (Å²) in [5.74, 6) is 5.95. The van der Waals surface area contributed by atoms with Crippen LogP contribution in [0.2, 0.25) is 0 Å². The fourth-order valence-corrected chi connectivity index (χ4v) is 2.40. The standard InChI is InChI=1S/C9H7F3N8S/c1-4-17-18-8(19(4)13)21-6-2-5(9(10,11)12)16-7-14-3-15-20(6)7/h2-3H,13H2,1H3. The average Bonchev–Trinajstić information content (AvgIpc) is 2.99. The topological polar surface area (TPSA) is 99.8 Å². The molecule has 0 fully saturated rings. The lowest BCUT2D eigenvalue weighted by Crippen LogP contribution is -2.13. The predicted octanol–water partition coefficient (Wildman–Crippen LogP) is 0.908. The van der Waals surface area contributed by atoms with Gasteiger partial charge in [-0.05, 0) is 18.7 Å². The van der Waals surface area contributed by atoms with Crippen molar-refractivity contribution in [2.24, 2.45) is 0 Å². The van der Waals surface area contributed by atoms with Crippen LogP contribution in [0.15, 0.2) is 22.6 Å². The molecule has 110 valence electrons. The van der Waals surface area contributed by atoms with E-state index in [1.54, 1.807) is 6.92 Å². The molecule has 21 heavy (non-hydrogen) atoms. The summed E-state index contributed by atoms with van der Waals surface area (Å²) in [6.45, 7) is 1.62. The summed E-state index contributed by atoms with van der Waals surface area (Å²) in [7, 11) is 0. The maximum absolute atomic E-state index is 12.8. The van der Waals surface area contributed by atoms with Crippen molar-refractivity contribution in [1.82, 2.24) is 34.5 Å². The van der Waals surface area contributed by atoms with Crippen LogP contribution in [0.4, 0.5) is 13.2 Å². The number of aromatic nitrogens is 7. The van der Waals surface area contributed by atoms with Gasteiger partial charge in [0.25, 0.3) is 5.78 Å². The smallest absolute Gasteiger partial charge is 0.336 e. The lowest BCUT2D eigenvalue weighted by Gasteiger charge is -2.08. The highest BCUT2D eigenvalue weighted by atomic mass is 32.2. The first kappa shape index (κ1) is 13.6. The van der Waals surface area contributed by atoms with E-state index in [9.17, 15) is 13.2 Å². The zero-order chi connectivity index (χ0) is 15.2. The van der Waals surface area contributed by atoms with E-state index in [1.165, 1.54) is 9.19 Å². The summed E-state index contributed by atoms with van der Waals surface area (Å²) in [6, 6.07) is 0.857. The number of fused-ring (bicyclic) bond motifs is 1. The van der Waals surface area contributed by atoms with Gasteiger partial charge in [-0.25, -0.2) is 9.66 Å². The Morgan fingerprint density at radius 2 is 2.05 bits per heavy atom. The molecule has 0 bridgehead atoms. The molecule has 0 aliphatic carbocycles. The van der Waals surface area contributed by atoms with Crippen molar-refractivity contribution in [1.29, 1.82) is 0 Å². The van der Waals surface area contributed by atoms with E-state index in [1.807, 2.05) is 0 Å². The van der Waals surface area contributed by atoms with Gasteiger partial charge in [0.2, 0.25) is 5.16 Å². The SMILES string of the molecule is Cc1nnc(Sc2cc(C(F)(F)F)nc3ncnn23)n1N. The Balaban J connectivity index is 2.12. The van der Waals surface area contributed by atoms with Crippen molar-refractivity contribution in [2.75, 3.05) is 5.84 Å². The van der Waals surface area contributed by atoms with E-state index in [-0.39, 0.29) is 16.0 Å². The highest BCUT2D eigenvalue weighted by Gasteiger charge is 2.34. The summed E-state index contributed by atoms with van der Waals surface area (Å²) < 4.78 is 40.8.